The molecule has 0 saturated heterocycles. The fourth-order valence-electron chi connectivity index (χ4n) is 8.69. The summed E-state index contributed by atoms with van der Waals surface area (Å²) in [4.78, 5) is 0. The van der Waals surface area contributed by atoms with Gasteiger partial charge in [0.15, 0.2) is 0 Å². The third-order valence-corrected chi connectivity index (χ3v) is 11.2. The van der Waals surface area contributed by atoms with E-state index >= 15 is 0 Å². The molecule has 0 heterocycles. The zero-order valence-electron chi connectivity index (χ0n) is 29.3. The van der Waals surface area contributed by atoms with Gasteiger partial charge in [-0.05, 0) is 142 Å². The van der Waals surface area contributed by atoms with Gasteiger partial charge in [-0.3, -0.25) is 0 Å². The van der Waals surface area contributed by atoms with Gasteiger partial charge in [-0.15, -0.1) is 0 Å². The lowest BCUT2D eigenvalue weighted by atomic mass is 9.83. The largest absolute Gasteiger partial charge is 0.0616 e. The van der Waals surface area contributed by atoms with Crippen molar-refractivity contribution in [3.8, 4) is 44.5 Å². The summed E-state index contributed by atoms with van der Waals surface area (Å²) in [6.45, 7) is 4.55. The fourth-order valence-corrected chi connectivity index (χ4v) is 8.69. The summed E-state index contributed by atoms with van der Waals surface area (Å²) in [6.07, 6.45) is 0. The maximum atomic E-state index is 2.45. The Morgan fingerprint density at radius 1 is 0.269 bits per heavy atom. The topological polar surface area (TPSA) is 0 Å². The van der Waals surface area contributed by atoms with Crippen LogP contribution in [-0.2, 0) is 0 Å². The second-order valence-electron chi connectivity index (χ2n) is 14.1. The molecule has 10 rings (SSSR count). The molecule has 0 aliphatic heterocycles. The SMILES string of the molecule is Cc1ccc(-c2c3ccccc3c(-c3cccc(-c4ccc5ccccc5c4)c3)c3ccccc23)cc1-c1c(C)c2ccccc2c2ccccc12. The van der Waals surface area contributed by atoms with Crippen LogP contribution in [0.15, 0.2) is 182 Å². The molecule has 0 unspecified atom stereocenters. The van der Waals surface area contributed by atoms with Crippen molar-refractivity contribution in [2.45, 2.75) is 13.8 Å². The van der Waals surface area contributed by atoms with Gasteiger partial charge in [-0.1, -0.05) is 164 Å². The van der Waals surface area contributed by atoms with Crippen LogP contribution in [0, 0.1) is 13.8 Å². The van der Waals surface area contributed by atoms with Crippen LogP contribution in [-0.4, -0.2) is 0 Å². The van der Waals surface area contributed by atoms with E-state index < -0.39 is 0 Å². The van der Waals surface area contributed by atoms with Crippen molar-refractivity contribution in [1.29, 1.82) is 0 Å². The van der Waals surface area contributed by atoms with Crippen LogP contribution in [0.5, 0.6) is 0 Å². The number of hydrogen-bond donors (Lipinski definition) is 0. The minimum absolute atomic E-state index is 1.22. The lowest BCUT2D eigenvalue weighted by Crippen LogP contribution is -1.94. The Morgan fingerprint density at radius 3 is 1.35 bits per heavy atom. The van der Waals surface area contributed by atoms with Gasteiger partial charge in [-0.2, -0.15) is 0 Å². The molecule has 10 aromatic carbocycles. The second kappa shape index (κ2) is 12.1. The van der Waals surface area contributed by atoms with E-state index in [-0.39, 0.29) is 0 Å². The van der Waals surface area contributed by atoms with Crippen LogP contribution < -0.4 is 0 Å². The molecule has 0 aromatic heterocycles. The average molecular weight is 661 g/mol. The highest BCUT2D eigenvalue weighted by molar-refractivity contribution is 6.22. The standard InChI is InChI=1S/C52H36/c1-33-26-27-40(32-49(33)50-34(2)41-18-5-6-19-42(41)43-20-7-8-21-44(43)50)52-47-24-11-9-22-45(47)51(46-23-10-12-25-48(46)52)39-17-13-16-37(31-39)38-29-28-35-14-3-4-15-36(35)30-38/h3-32H,1-2H3. The minimum atomic E-state index is 1.22. The Labute approximate surface area is 304 Å². The summed E-state index contributed by atoms with van der Waals surface area (Å²) in [7, 11) is 0. The zero-order valence-corrected chi connectivity index (χ0v) is 29.3. The summed E-state index contributed by atoms with van der Waals surface area (Å²) >= 11 is 0. The van der Waals surface area contributed by atoms with Crippen molar-refractivity contribution in [3.63, 3.8) is 0 Å². The van der Waals surface area contributed by atoms with Gasteiger partial charge in [0.25, 0.3) is 0 Å². The van der Waals surface area contributed by atoms with Crippen molar-refractivity contribution < 1.29 is 0 Å². The molecule has 52 heavy (non-hydrogen) atoms. The predicted molar refractivity (Wildman–Crippen MR) is 225 cm³/mol. The van der Waals surface area contributed by atoms with Crippen molar-refractivity contribution in [1.82, 2.24) is 0 Å². The van der Waals surface area contributed by atoms with Crippen LogP contribution in [0.4, 0.5) is 0 Å². The Hall–Kier alpha value is -6.50. The molecule has 0 aliphatic carbocycles. The molecule has 0 nitrogen and oxygen atoms in total. The number of rotatable bonds is 4. The quantitative estimate of drug-likeness (QED) is 0.130. The van der Waals surface area contributed by atoms with Gasteiger partial charge < -0.3 is 0 Å². The van der Waals surface area contributed by atoms with Crippen molar-refractivity contribution in [2.75, 3.05) is 0 Å². The molecular formula is C52H36. The lowest BCUT2D eigenvalue weighted by Gasteiger charge is -2.20. The molecule has 0 spiro atoms. The summed E-state index contributed by atoms with van der Waals surface area (Å²) in [5.74, 6) is 0. The van der Waals surface area contributed by atoms with Crippen molar-refractivity contribution in [2.24, 2.45) is 0 Å². The van der Waals surface area contributed by atoms with Gasteiger partial charge in [0.05, 0.1) is 0 Å². The number of benzene rings is 10. The van der Waals surface area contributed by atoms with Crippen molar-refractivity contribution in [3.05, 3.63) is 193 Å². The third kappa shape index (κ3) is 4.76. The molecular weight excluding hydrogens is 625 g/mol. The zero-order chi connectivity index (χ0) is 34.8. The molecule has 0 N–H and O–H groups in total. The lowest BCUT2D eigenvalue weighted by molar-refractivity contribution is 1.44. The molecule has 10 aromatic rings. The summed E-state index contributed by atoms with van der Waals surface area (Å²) in [5, 5.41) is 12.8. The van der Waals surface area contributed by atoms with E-state index in [4.69, 9.17) is 0 Å². The number of aryl methyl sites for hydroxylation is 2. The Morgan fingerprint density at radius 2 is 0.712 bits per heavy atom. The first-order chi connectivity index (χ1) is 25.6. The van der Waals surface area contributed by atoms with Crippen LogP contribution in [0.1, 0.15) is 11.1 Å². The van der Waals surface area contributed by atoms with E-state index in [1.807, 2.05) is 0 Å². The Balaban J connectivity index is 1.21. The van der Waals surface area contributed by atoms with E-state index in [1.165, 1.54) is 109 Å². The maximum absolute atomic E-state index is 2.45. The summed E-state index contributed by atoms with van der Waals surface area (Å²) < 4.78 is 0. The highest BCUT2D eigenvalue weighted by atomic mass is 14.2. The molecule has 0 bridgehead atoms. The smallest absolute Gasteiger partial charge is 0.00262 e. The van der Waals surface area contributed by atoms with E-state index in [2.05, 4.69) is 196 Å². The summed E-state index contributed by atoms with van der Waals surface area (Å²) in [6, 6.07) is 67.3. The first-order valence-electron chi connectivity index (χ1n) is 18.2. The Bertz CT molecular complexity index is 2980. The van der Waals surface area contributed by atoms with Crippen LogP contribution in [0.3, 0.4) is 0 Å². The molecule has 0 amide bonds. The van der Waals surface area contributed by atoms with Crippen LogP contribution in [0.2, 0.25) is 0 Å². The van der Waals surface area contributed by atoms with Gasteiger partial charge >= 0.3 is 0 Å². The van der Waals surface area contributed by atoms with Crippen LogP contribution in [0.25, 0.3) is 98.4 Å². The Kier molecular flexibility index (Phi) is 7.05. The third-order valence-electron chi connectivity index (χ3n) is 11.2. The van der Waals surface area contributed by atoms with Gasteiger partial charge in [0.2, 0.25) is 0 Å². The first kappa shape index (κ1) is 30.3. The molecule has 244 valence electrons. The first-order valence-corrected chi connectivity index (χ1v) is 18.2. The highest BCUT2D eigenvalue weighted by Gasteiger charge is 2.20. The summed E-state index contributed by atoms with van der Waals surface area (Å²) in [5.41, 5.74) is 12.7. The van der Waals surface area contributed by atoms with Crippen molar-refractivity contribution >= 4 is 53.9 Å². The molecule has 0 aliphatic rings. The minimum Gasteiger partial charge on any atom is -0.0616 e. The number of fused-ring (bicyclic) bond motifs is 6. The van der Waals surface area contributed by atoms with Gasteiger partial charge in [0.1, 0.15) is 0 Å². The van der Waals surface area contributed by atoms with E-state index in [9.17, 15) is 0 Å². The van der Waals surface area contributed by atoms with E-state index in [0.29, 0.717) is 0 Å². The second-order valence-corrected chi connectivity index (χ2v) is 14.1. The molecule has 0 radical (unpaired) electrons. The van der Waals surface area contributed by atoms with Gasteiger partial charge in [-0.25, -0.2) is 0 Å². The normalized spacial score (nSPS) is 11.7. The molecule has 0 heteroatoms. The highest BCUT2D eigenvalue weighted by Crippen LogP contribution is 2.46. The predicted octanol–water partition coefficient (Wildman–Crippen LogP) is 14.7. The fraction of sp³-hybridized carbons (Fsp3) is 0.0385. The molecule has 0 saturated carbocycles. The van der Waals surface area contributed by atoms with Gasteiger partial charge in [0, 0.05) is 0 Å². The maximum Gasteiger partial charge on any atom is -0.00262 e. The monoisotopic (exact) mass is 660 g/mol. The van der Waals surface area contributed by atoms with E-state index in [0.717, 1.165) is 0 Å². The number of hydrogen-bond acceptors (Lipinski definition) is 0. The average Bonchev–Trinajstić information content (AvgIpc) is 3.20. The molecule has 0 fully saturated rings. The molecule has 0 atom stereocenters. The van der Waals surface area contributed by atoms with E-state index in [1.54, 1.807) is 0 Å². The van der Waals surface area contributed by atoms with Crippen LogP contribution >= 0.6 is 0 Å².